The van der Waals surface area contributed by atoms with Gasteiger partial charge in [-0.15, -0.1) is 0 Å². The molecule has 0 fully saturated rings. The third-order valence-corrected chi connectivity index (χ3v) is 4.79. The van der Waals surface area contributed by atoms with Gasteiger partial charge in [0.15, 0.2) is 0 Å². The monoisotopic (exact) mass is 345 g/mol. The Balaban J connectivity index is 1.78. The fourth-order valence-corrected chi connectivity index (χ4v) is 3.39. The van der Waals surface area contributed by atoms with E-state index in [1.54, 1.807) is 6.07 Å². The summed E-state index contributed by atoms with van der Waals surface area (Å²) >= 11 is 3.48. The van der Waals surface area contributed by atoms with Gasteiger partial charge >= 0.3 is 0 Å². The maximum Gasteiger partial charge on any atom is 0.115 e. The minimum Gasteiger partial charge on any atom is -0.508 e. The lowest BCUT2D eigenvalue weighted by Crippen LogP contribution is -2.27. The van der Waals surface area contributed by atoms with Gasteiger partial charge in [0, 0.05) is 16.6 Å². The van der Waals surface area contributed by atoms with Crippen molar-refractivity contribution in [1.82, 2.24) is 5.32 Å². The molecule has 0 bridgehead atoms. The van der Waals surface area contributed by atoms with Gasteiger partial charge in [-0.05, 0) is 67.1 Å². The second-order valence-electron chi connectivity index (χ2n) is 5.77. The van der Waals surface area contributed by atoms with Crippen LogP contribution in [-0.2, 0) is 6.42 Å². The van der Waals surface area contributed by atoms with Gasteiger partial charge in [0.1, 0.15) is 5.75 Å². The first-order valence-corrected chi connectivity index (χ1v) is 8.26. The van der Waals surface area contributed by atoms with Crippen LogP contribution in [0.1, 0.15) is 48.5 Å². The van der Waals surface area contributed by atoms with Gasteiger partial charge in [0.2, 0.25) is 0 Å². The zero-order valence-electron chi connectivity index (χ0n) is 12.1. The summed E-state index contributed by atoms with van der Waals surface area (Å²) in [6.45, 7) is 2.21. The van der Waals surface area contributed by atoms with Gasteiger partial charge in [-0.3, -0.25) is 0 Å². The molecule has 2 aromatic rings. The number of hydrogen-bond donors (Lipinski definition) is 2. The topological polar surface area (TPSA) is 32.3 Å². The van der Waals surface area contributed by atoms with Crippen molar-refractivity contribution in [2.24, 2.45) is 0 Å². The van der Waals surface area contributed by atoms with E-state index in [9.17, 15) is 5.11 Å². The highest BCUT2D eigenvalue weighted by Gasteiger charge is 2.22. The summed E-state index contributed by atoms with van der Waals surface area (Å²) in [6.07, 6.45) is 3.38. The second-order valence-corrected chi connectivity index (χ2v) is 6.68. The number of aryl methyl sites for hydroxylation is 1. The van der Waals surface area contributed by atoms with Crippen molar-refractivity contribution in [3.63, 3.8) is 0 Å². The van der Waals surface area contributed by atoms with Crippen LogP contribution in [0.3, 0.4) is 0 Å². The molecular formula is C18H20BrNO. The molecule has 2 N–H and O–H groups in total. The Bertz CT molecular complexity index is 624. The Labute approximate surface area is 134 Å². The Hall–Kier alpha value is -1.32. The summed E-state index contributed by atoms with van der Waals surface area (Å²) in [4.78, 5) is 0. The number of phenolic OH excluding ortho intramolecular Hbond substituents is 1. The van der Waals surface area contributed by atoms with Gasteiger partial charge in [0.05, 0.1) is 0 Å². The molecule has 0 aromatic heterocycles. The van der Waals surface area contributed by atoms with Crippen LogP contribution in [0.4, 0.5) is 0 Å². The van der Waals surface area contributed by atoms with Crippen LogP contribution < -0.4 is 5.32 Å². The predicted molar refractivity (Wildman–Crippen MR) is 89.5 cm³/mol. The van der Waals surface area contributed by atoms with Crippen molar-refractivity contribution >= 4 is 15.9 Å². The van der Waals surface area contributed by atoms with Crippen molar-refractivity contribution in [2.75, 3.05) is 0 Å². The minimum absolute atomic E-state index is 0.308. The number of fused-ring (bicyclic) bond motifs is 1. The molecule has 21 heavy (non-hydrogen) atoms. The zero-order valence-corrected chi connectivity index (χ0v) is 13.7. The third-order valence-electron chi connectivity index (χ3n) is 4.26. The van der Waals surface area contributed by atoms with Crippen molar-refractivity contribution in [1.29, 1.82) is 0 Å². The minimum atomic E-state index is 0.308. The molecule has 0 saturated heterocycles. The normalized spacial score (nSPS) is 19.0. The fraction of sp³-hybridized carbons (Fsp3) is 0.333. The predicted octanol–water partition coefficient (Wildman–Crippen LogP) is 4.88. The highest BCUT2D eigenvalue weighted by Crippen LogP contribution is 2.33. The van der Waals surface area contributed by atoms with E-state index in [-0.39, 0.29) is 0 Å². The van der Waals surface area contributed by atoms with E-state index in [1.807, 2.05) is 6.07 Å². The maximum absolute atomic E-state index is 9.64. The van der Waals surface area contributed by atoms with E-state index >= 15 is 0 Å². The van der Waals surface area contributed by atoms with Crippen LogP contribution in [0.15, 0.2) is 46.9 Å². The van der Waals surface area contributed by atoms with Gasteiger partial charge in [-0.25, -0.2) is 0 Å². The highest BCUT2D eigenvalue weighted by atomic mass is 79.9. The molecule has 3 rings (SSSR count). The molecule has 0 spiro atoms. The summed E-state index contributed by atoms with van der Waals surface area (Å²) in [6, 6.07) is 14.9. The molecule has 3 heteroatoms. The lowest BCUT2D eigenvalue weighted by Gasteiger charge is -2.29. The lowest BCUT2D eigenvalue weighted by molar-refractivity contribution is 0.412. The summed E-state index contributed by atoms with van der Waals surface area (Å²) in [5.74, 6) is 0.371. The molecule has 0 aliphatic heterocycles. The Morgan fingerprint density at radius 2 is 1.95 bits per heavy atom. The number of aromatic hydroxyl groups is 1. The maximum atomic E-state index is 9.64. The van der Waals surface area contributed by atoms with Crippen LogP contribution in [-0.4, -0.2) is 5.11 Å². The molecule has 2 atom stereocenters. The molecule has 0 saturated carbocycles. The largest absolute Gasteiger partial charge is 0.508 e. The van der Waals surface area contributed by atoms with Gasteiger partial charge in [-0.2, -0.15) is 0 Å². The molecule has 110 valence electrons. The van der Waals surface area contributed by atoms with Crippen LogP contribution >= 0.6 is 15.9 Å². The third kappa shape index (κ3) is 3.30. The molecule has 0 radical (unpaired) electrons. The Morgan fingerprint density at radius 1 is 1.19 bits per heavy atom. The van der Waals surface area contributed by atoms with E-state index in [0.29, 0.717) is 17.8 Å². The zero-order chi connectivity index (χ0) is 14.8. The number of rotatable bonds is 3. The first kappa shape index (κ1) is 14.6. The van der Waals surface area contributed by atoms with Crippen LogP contribution in [0.5, 0.6) is 5.75 Å². The van der Waals surface area contributed by atoms with Crippen molar-refractivity contribution < 1.29 is 5.11 Å². The number of hydrogen-bond acceptors (Lipinski definition) is 2. The van der Waals surface area contributed by atoms with E-state index in [1.165, 1.54) is 23.1 Å². The van der Waals surface area contributed by atoms with Crippen LogP contribution in [0, 0.1) is 0 Å². The van der Waals surface area contributed by atoms with Crippen molar-refractivity contribution in [2.45, 2.75) is 38.3 Å². The summed E-state index contributed by atoms with van der Waals surface area (Å²) in [5.41, 5.74) is 3.91. The average Bonchev–Trinajstić information content (AvgIpc) is 2.47. The molecule has 1 aliphatic rings. The average molecular weight is 346 g/mol. The number of phenols is 1. The van der Waals surface area contributed by atoms with Gasteiger partial charge in [-0.1, -0.05) is 34.1 Å². The molecule has 2 aromatic carbocycles. The smallest absolute Gasteiger partial charge is 0.115 e. The summed E-state index contributed by atoms with van der Waals surface area (Å²) in [5, 5.41) is 13.4. The van der Waals surface area contributed by atoms with E-state index < -0.39 is 0 Å². The fourth-order valence-electron chi connectivity index (χ4n) is 3.12. The SMILES string of the molecule is CC(NC1CCCc2cc(O)ccc21)c1ccc(Br)cc1. The van der Waals surface area contributed by atoms with Crippen LogP contribution in [0.25, 0.3) is 0 Å². The highest BCUT2D eigenvalue weighted by molar-refractivity contribution is 9.10. The first-order valence-electron chi connectivity index (χ1n) is 7.47. The van der Waals surface area contributed by atoms with Crippen molar-refractivity contribution in [3.8, 4) is 5.75 Å². The Morgan fingerprint density at radius 3 is 2.71 bits per heavy atom. The second kappa shape index (κ2) is 6.20. The Kier molecular flexibility index (Phi) is 4.32. The molecule has 2 nitrogen and oxygen atoms in total. The first-order chi connectivity index (χ1) is 10.1. The van der Waals surface area contributed by atoms with E-state index in [2.05, 4.69) is 58.5 Å². The quantitative estimate of drug-likeness (QED) is 0.830. The standard InChI is InChI=1S/C18H20BrNO/c1-12(13-5-7-15(19)8-6-13)20-18-4-2-3-14-11-16(21)9-10-17(14)18/h5-12,18,20-21H,2-4H2,1H3. The molecule has 1 aliphatic carbocycles. The summed E-state index contributed by atoms with van der Waals surface area (Å²) < 4.78 is 1.11. The van der Waals surface area contributed by atoms with Crippen LogP contribution in [0.2, 0.25) is 0 Å². The van der Waals surface area contributed by atoms with Gasteiger partial charge in [0.25, 0.3) is 0 Å². The molecule has 2 unspecified atom stereocenters. The number of benzene rings is 2. The van der Waals surface area contributed by atoms with E-state index in [0.717, 1.165) is 17.3 Å². The summed E-state index contributed by atoms with van der Waals surface area (Å²) in [7, 11) is 0. The van der Waals surface area contributed by atoms with Gasteiger partial charge < -0.3 is 10.4 Å². The lowest BCUT2D eigenvalue weighted by atomic mass is 9.87. The van der Waals surface area contributed by atoms with E-state index in [4.69, 9.17) is 0 Å². The van der Waals surface area contributed by atoms with Crippen molar-refractivity contribution in [3.05, 3.63) is 63.6 Å². The number of halogens is 1. The number of nitrogens with one attached hydrogen (secondary N) is 1. The molecule has 0 heterocycles. The molecular weight excluding hydrogens is 326 g/mol. The molecule has 0 amide bonds.